The molecule has 27 heavy (non-hydrogen) atoms. The van der Waals surface area contributed by atoms with Crippen LogP contribution in [0.15, 0.2) is 48.5 Å². The lowest BCUT2D eigenvalue weighted by Crippen LogP contribution is -2.26. The summed E-state index contributed by atoms with van der Waals surface area (Å²) in [5.74, 6) is 1.45. The van der Waals surface area contributed by atoms with E-state index in [4.69, 9.17) is 15.0 Å². The predicted octanol–water partition coefficient (Wildman–Crippen LogP) is 3.29. The fourth-order valence-electron chi connectivity index (χ4n) is 3.33. The summed E-state index contributed by atoms with van der Waals surface area (Å²) < 4.78 is 7.11. The van der Waals surface area contributed by atoms with Gasteiger partial charge >= 0.3 is 0 Å². The highest BCUT2D eigenvalue weighted by molar-refractivity contribution is 5.96. The van der Waals surface area contributed by atoms with Crippen LogP contribution in [0.3, 0.4) is 0 Å². The van der Waals surface area contributed by atoms with Gasteiger partial charge in [-0.15, -0.1) is 0 Å². The van der Waals surface area contributed by atoms with Crippen molar-refractivity contribution < 1.29 is 9.53 Å². The second-order valence-electron chi connectivity index (χ2n) is 6.45. The van der Waals surface area contributed by atoms with Gasteiger partial charge in [0.25, 0.3) is 0 Å². The number of carbonyl (C=O) groups excluding carboxylic acids is 1. The minimum Gasteiger partial charge on any atom is -0.497 e. The molecule has 0 bridgehead atoms. The van der Waals surface area contributed by atoms with Crippen molar-refractivity contribution in [1.82, 2.24) is 9.55 Å². The van der Waals surface area contributed by atoms with E-state index in [2.05, 4.69) is 6.07 Å². The number of methoxy groups -OCH3 is 1. The molecular formula is C21H18N4O2. The van der Waals surface area contributed by atoms with E-state index in [1.165, 1.54) is 0 Å². The van der Waals surface area contributed by atoms with Crippen molar-refractivity contribution in [3.05, 3.63) is 65.4 Å². The summed E-state index contributed by atoms with van der Waals surface area (Å²) in [6.07, 6.45) is 0. The molecular weight excluding hydrogens is 340 g/mol. The minimum atomic E-state index is 0.0220. The van der Waals surface area contributed by atoms with E-state index in [0.29, 0.717) is 18.1 Å². The first-order chi connectivity index (χ1) is 13.1. The van der Waals surface area contributed by atoms with Crippen LogP contribution in [0.1, 0.15) is 16.8 Å². The Morgan fingerprint density at radius 2 is 2.00 bits per heavy atom. The highest BCUT2D eigenvalue weighted by Gasteiger charge is 2.32. The molecule has 4 rings (SSSR count). The molecule has 6 nitrogen and oxygen atoms in total. The number of rotatable bonds is 4. The van der Waals surface area contributed by atoms with E-state index < -0.39 is 0 Å². The number of amides is 1. The average Bonchev–Trinajstić information content (AvgIpc) is 3.18. The molecule has 1 aliphatic heterocycles. The molecule has 0 saturated heterocycles. The molecule has 0 fully saturated rings. The van der Waals surface area contributed by atoms with Gasteiger partial charge in [-0.05, 0) is 36.8 Å². The van der Waals surface area contributed by atoms with Crippen molar-refractivity contribution in [2.24, 2.45) is 0 Å². The normalized spacial score (nSPS) is 12.8. The monoisotopic (exact) mass is 358 g/mol. The van der Waals surface area contributed by atoms with E-state index in [0.717, 1.165) is 28.3 Å². The van der Waals surface area contributed by atoms with E-state index in [9.17, 15) is 4.79 Å². The van der Waals surface area contributed by atoms with Crippen LogP contribution in [-0.4, -0.2) is 22.6 Å². The summed E-state index contributed by atoms with van der Waals surface area (Å²) >= 11 is 0. The maximum atomic E-state index is 12.5. The average molecular weight is 358 g/mol. The van der Waals surface area contributed by atoms with Crippen LogP contribution in [0.5, 0.6) is 5.75 Å². The zero-order valence-corrected chi connectivity index (χ0v) is 15.1. The molecule has 1 amide bonds. The van der Waals surface area contributed by atoms with Crippen LogP contribution in [0.4, 0.5) is 5.95 Å². The van der Waals surface area contributed by atoms with Gasteiger partial charge in [-0.3, -0.25) is 9.69 Å². The van der Waals surface area contributed by atoms with Crippen molar-refractivity contribution in [3.8, 4) is 23.1 Å². The second kappa shape index (κ2) is 6.61. The number of nitriles is 1. The quantitative estimate of drug-likeness (QED) is 0.717. The topological polar surface area (TPSA) is 71.2 Å². The fraction of sp³-hybridized carbons (Fsp3) is 0.190. The number of nitrogens with zero attached hydrogens (tertiary/aromatic N) is 4. The summed E-state index contributed by atoms with van der Waals surface area (Å²) in [5.41, 5.74) is 4.20. The number of benzene rings is 2. The van der Waals surface area contributed by atoms with Crippen LogP contribution in [0, 0.1) is 18.3 Å². The molecule has 2 aromatic carbocycles. The van der Waals surface area contributed by atoms with Gasteiger partial charge in [0.05, 0.1) is 31.0 Å². The molecule has 2 heterocycles. The van der Waals surface area contributed by atoms with Gasteiger partial charge in [-0.25, -0.2) is 4.98 Å². The first-order valence-electron chi connectivity index (χ1n) is 8.61. The third-order valence-corrected chi connectivity index (χ3v) is 4.80. The van der Waals surface area contributed by atoms with Crippen molar-refractivity contribution in [2.45, 2.75) is 20.0 Å². The van der Waals surface area contributed by atoms with Gasteiger partial charge in [-0.1, -0.05) is 24.3 Å². The number of hydrogen-bond donors (Lipinski definition) is 0. The predicted molar refractivity (Wildman–Crippen MR) is 101 cm³/mol. The summed E-state index contributed by atoms with van der Waals surface area (Å²) in [4.78, 5) is 19.0. The summed E-state index contributed by atoms with van der Waals surface area (Å²) in [5, 5.41) is 9.14. The molecule has 0 radical (unpaired) electrons. The number of imidazole rings is 1. The Kier molecular flexibility index (Phi) is 4.13. The maximum Gasteiger partial charge on any atom is 0.249 e. The fourth-order valence-corrected chi connectivity index (χ4v) is 3.33. The molecule has 0 saturated carbocycles. The number of anilines is 1. The van der Waals surface area contributed by atoms with Gasteiger partial charge in [0, 0.05) is 11.3 Å². The zero-order chi connectivity index (χ0) is 19.0. The van der Waals surface area contributed by atoms with Crippen molar-refractivity contribution in [2.75, 3.05) is 12.0 Å². The zero-order valence-electron chi connectivity index (χ0n) is 15.1. The lowest BCUT2D eigenvalue weighted by atomic mass is 10.1. The summed E-state index contributed by atoms with van der Waals surface area (Å²) in [7, 11) is 1.63. The highest BCUT2D eigenvalue weighted by atomic mass is 16.5. The lowest BCUT2D eigenvalue weighted by Gasteiger charge is -2.14. The summed E-state index contributed by atoms with van der Waals surface area (Å²) in [6, 6.07) is 17.2. The number of carbonyl (C=O) groups is 1. The van der Waals surface area contributed by atoms with Crippen LogP contribution in [0.2, 0.25) is 0 Å². The van der Waals surface area contributed by atoms with Gasteiger partial charge < -0.3 is 9.30 Å². The Bertz CT molecular complexity index is 1060. The van der Waals surface area contributed by atoms with Crippen molar-refractivity contribution >= 4 is 11.9 Å². The standard InChI is InChI=1S/C21H18N4O2/c1-14-20(17-5-3-4-16(10-17)11-22)23-21-24(14)13-19(26)25(21)12-15-6-8-18(27-2)9-7-15/h3-10H,12-13H2,1-2H3. The maximum absolute atomic E-state index is 12.5. The smallest absolute Gasteiger partial charge is 0.249 e. The van der Waals surface area contributed by atoms with Gasteiger partial charge in [-0.2, -0.15) is 5.26 Å². The van der Waals surface area contributed by atoms with Crippen LogP contribution in [-0.2, 0) is 17.9 Å². The number of aromatic nitrogens is 2. The van der Waals surface area contributed by atoms with Gasteiger partial charge in [0.2, 0.25) is 11.9 Å². The van der Waals surface area contributed by atoms with Gasteiger partial charge in [0.1, 0.15) is 12.3 Å². The van der Waals surface area contributed by atoms with Gasteiger partial charge in [0.15, 0.2) is 0 Å². The Morgan fingerprint density at radius 1 is 1.22 bits per heavy atom. The second-order valence-corrected chi connectivity index (χ2v) is 6.45. The Hall–Kier alpha value is -3.59. The Labute approximate surface area is 157 Å². The van der Waals surface area contributed by atoms with Crippen molar-refractivity contribution in [3.63, 3.8) is 0 Å². The number of ether oxygens (including phenoxy) is 1. The number of hydrogen-bond acceptors (Lipinski definition) is 4. The first-order valence-corrected chi connectivity index (χ1v) is 8.61. The third kappa shape index (κ3) is 2.93. The SMILES string of the molecule is COc1ccc(CN2C(=O)Cn3c2nc(-c2cccc(C#N)c2)c3C)cc1. The highest BCUT2D eigenvalue weighted by Crippen LogP contribution is 2.32. The third-order valence-electron chi connectivity index (χ3n) is 4.80. The van der Waals surface area contributed by atoms with Crippen LogP contribution >= 0.6 is 0 Å². The van der Waals surface area contributed by atoms with E-state index in [1.54, 1.807) is 18.1 Å². The molecule has 6 heteroatoms. The van der Waals surface area contributed by atoms with E-state index in [1.807, 2.05) is 54.0 Å². The molecule has 0 unspecified atom stereocenters. The molecule has 1 aliphatic rings. The molecule has 3 aromatic rings. The molecule has 0 N–H and O–H groups in total. The van der Waals surface area contributed by atoms with Crippen molar-refractivity contribution in [1.29, 1.82) is 5.26 Å². The van der Waals surface area contributed by atoms with E-state index in [-0.39, 0.29) is 12.5 Å². The van der Waals surface area contributed by atoms with E-state index >= 15 is 0 Å². The largest absolute Gasteiger partial charge is 0.497 e. The Morgan fingerprint density at radius 3 is 2.70 bits per heavy atom. The molecule has 134 valence electrons. The molecule has 0 atom stereocenters. The molecule has 1 aromatic heterocycles. The van der Waals surface area contributed by atoms with Crippen LogP contribution < -0.4 is 9.64 Å². The first kappa shape index (κ1) is 16.9. The molecule has 0 spiro atoms. The lowest BCUT2D eigenvalue weighted by molar-refractivity contribution is -0.118. The number of fused-ring (bicyclic) bond motifs is 1. The Balaban J connectivity index is 1.68. The van der Waals surface area contributed by atoms with Crippen LogP contribution in [0.25, 0.3) is 11.3 Å². The minimum absolute atomic E-state index is 0.0220. The summed E-state index contributed by atoms with van der Waals surface area (Å²) in [6.45, 7) is 2.69. The molecule has 0 aliphatic carbocycles.